The van der Waals surface area contributed by atoms with E-state index >= 15 is 0 Å². The van der Waals surface area contributed by atoms with Gasteiger partial charge < -0.3 is 14.5 Å². The molecule has 2 saturated heterocycles. The second kappa shape index (κ2) is 12.4. The molecule has 2 fully saturated rings. The summed E-state index contributed by atoms with van der Waals surface area (Å²) in [7, 11) is 0. The molecule has 0 bridgehead atoms. The predicted octanol–water partition coefficient (Wildman–Crippen LogP) is 6.26. The van der Waals surface area contributed by atoms with Crippen LogP contribution in [0.4, 0.5) is 31.1 Å². The van der Waals surface area contributed by atoms with E-state index in [1.54, 1.807) is 49.4 Å². The summed E-state index contributed by atoms with van der Waals surface area (Å²) in [6.07, 6.45) is -12.1. The van der Waals surface area contributed by atoms with Gasteiger partial charge in [-0.2, -0.15) is 26.3 Å². The molecular weight excluding hydrogens is 604 g/mol. The van der Waals surface area contributed by atoms with Gasteiger partial charge in [0.05, 0.1) is 17.7 Å². The summed E-state index contributed by atoms with van der Waals surface area (Å²) >= 11 is 0. The van der Waals surface area contributed by atoms with Gasteiger partial charge in [0.25, 0.3) is 0 Å². The lowest BCUT2D eigenvalue weighted by molar-refractivity contribution is -0.171. The number of hydrogen-bond donors (Lipinski definition) is 0. The molecule has 238 valence electrons. The molecule has 0 saturated carbocycles. The number of halogens is 6. The van der Waals surface area contributed by atoms with Crippen molar-refractivity contribution in [3.05, 3.63) is 107 Å². The highest BCUT2D eigenvalue weighted by Gasteiger charge is 2.51. The van der Waals surface area contributed by atoms with E-state index in [4.69, 9.17) is 4.74 Å². The lowest BCUT2D eigenvalue weighted by atomic mass is 9.95. The summed E-state index contributed by atoms with van der Waals surface area (Å²) in [5.41, 5.74) is -1.97. The zero-order valence-electron chi connectivity index (χ0n) is 24.0. The molecule has 0 radical (unpaired) electrons. The molecule has 0 N–H and O–H groups in total. The summed E-state index contributed by atoms with van der Waals surface area (Å²) in [5.74, 6) is -0.695. The number of alkyl halides is 6. The van der Waals surface area contributed by atoms with Gasteiger partial charge in [-0.15, -0.1) is 0 Å². The molecule has 2 heterocycles. The maximum Gasteiger partial charge on any atom is 0.416 e. The number of ether oxygens (including phenoxy) is 1. The van der Waals surface area contributed by atoms with E-state index in [9.17, 15) is 40.7 Å². The predicted molar refractivity (Wildman–Crippen MR) is 149 cm³/mol. The summed E-state index contributed by atoms with van der Waals surface area (Å²) in [6.45, 7) is 0.779. The molecule has 5 rings (SSSR count). The molecule has 3 aromatic carbocycles. The van der Waals surface area contributed by atoms with Crippen LogP contribution >= 0.6 is 0 Å². The fourth-order valence-electron chi connectivity index (χ4n) is 5.87. The Kier molecular flexibility index (Phi) is 8.81. The van der Waals surface area contributed by atoms with Crippen molar-refractivity contribution >= 4 is 17.9 Å². The summed E-state index contributed by atoms with van der Waals surface area (Å²) in [6, 6.07) is 17.3. The van der Waals surface area contributed by atoms with Crippen LogP contribution in [0.2, 0.25) is 0 Å². The number of hydrogen-bond acceptors (Lipinski definition) is 4. The van der Waals surface area contributed by atoms with E-state index in [1.165, 1.54) is 14.7 Å². The molecule has 3 aromatic rings. The van der Waals surface area contributed by atoms with Crippen molar-refractivity contribution in [2.24, 2.45) is 0 Å². The zero-order valence-corrected chi connectivity index (χ0v) is 24.0. The lowest BCUT2D eigenvalue weighted by Gasteiger charge is -2.53. The Bertz CT molecular complexity index is 1520. The van der Waals surface area contributed by atoms with Crippen LogP contribution in [0.25, 0.3) is 0 Å². The lowest BCUT2D eigenvalue weighted by Crippen LogP contribution is -2.72. The molecular formula is C32H29F6N3O4. The van der Waals surface area contributed by atoms with E-state index in [1.807, 2.05) is 18.2 Å². The molecule has 2 unspecified atom stereocenters. The van der Waals surface area contributed by atoms with Crippen molar-refractivity contribution in [1.29, 1.82) is 0 Å². The van der Waals surface area contributed by atoms with Crippen LogP contribution in [0, 0.1) is 0 Å². The van der Waals surface area contributed by atoms with Crippen molar-refractivity contribution in [1.82, 2.24) is 14.7 Å². The zero-order chi connectivity index (χ0) is 32.5. The van der Waals surface area contributed by atoms with Gasteiger partial charge in [0.15, 0.2) is 0 Å². The van der Waals surface area contributed by atoms with Crippen molar-refractivity contribution < 1.29 is 45.5 Å². The smallest absolute Gasteiger partial charge is 0.416 e. The highest BCUT2D eigenvalue weighted by molar-refractivity contribution is 5.90. The van der Waals surface area contributed by atoms with Gasteiger partial charge in [0, 0.05) is 19.0 Å². The molecule has 0 aliphatic carbocycles. The fourth-order valence-corrected chi connectivity index (χ4v) is 5.87. The summed E-state index contributed by atoms with van der Waals surface area (Å²) in [4.78, 5) is 44.6. The van der Waals surface area contributed by atoms with Crippen LogP contribution in [0.1, 0.15) is 41.2 Å². The molecule has 3 amide bonds. The molecule has 0 aromatic heterocycles. The maximum absolute atomic E-state index is 13.8. The standard InChI is InChI=1S/C32H29F6N3O4/c1-20-29(43)39(17-22-10-6-3-7-11-22)18-27-40(20)28(42)16-26(14-21-8-4-2-5-9-21)41(27)30(44)45-19-23-12-24(31(33,34)35)15-25(13-23)32(36,37)38/h2-13,15,20,26-27H,14,16-19H2,1H3/t20-,26?,27?/m0/s1. The van der Waals surface area contributed by atoms with Gasteiger partial charge in [-0.25, -0.2) is 4.79 Å². The first-order valence-corrected chi connectivity index (χ1v) is 14.1. The third-order valence-electron chi connectivity index (χ3n) is 7.95. The van der Waals surface area contributed by atoms with E-state index in [0.29, 0.717) is 12.1 Å². The number of carbonyl (C=O) groups is 3. The number of benzene rings is 3. The third kappa shape index (κ3) is 7.07. The first kappa shape index (κ1) is 31.9. The molecule has 13 heteroatoms. The van der Waals surface area contributed by atoms with Crippen molar-refractivity contribution in [3.63, 3.8) is 0 Å². The van der Waals surface area contributed by atoms with E-state index in [2.05, 4.69) is 0 Å². The Morgan fingerprint density at radius 1 is 0.822 bits per heavy atom. The number of nitrogens with zero attached hydrogens (tertiary/aromatic N) is 3. The highest BCUT2D eigenvalue weighted by atomic mass is 19.4. The largest absolute Gasteiger partial charge is 0.444 e. The number of carbonyl (C=O) groups excluding carboxylic acids is 3. The van der Waals surface area contributed by atoms with Crippen LogP contribution in [0.15, 0.2) is 78.9 Å². The first-order chi connectivity index (χ1) is 21.2. The number of amides is 3. The van der Waals surface area contributed by atoms with Gasteiger partial charge in [0.1, 0.15) is 18.8 Å². The van der Waals surface area contributed by atoms with Gasteiger partial charge in [-0.3, -0.25) is 14.5 Å². The Hall–Kier alpha value is -4.55. The minimum absolute atomic E-state index is 0.00289. The SMILES string of the molecule is C[C@H]1C(=O)N(Cc2ccccc2)CC2N(C(=O)OCc3cc(C(F)(F)F)cc(C(F)(F)F)c3)C(Cc3ccccc3)CC(=O)N21. The number of piperazine rings is 1. The van der Waals surface area contributed by atoms with Crippen molar-refractivity contribution in [3.8, 4) is 0 Å². The van der Waals surface area contributed by atoms with Gasteiger partial charge in [0.2, 0.25) is 11.8 Å². The molecule has 0 spiro atoms. The van der Waals surface area contributed by atoms with Crippen molar-refractivity contribution in [2.75, 3.05) is 6.54 Å². The van der Waals surface area contributed by atoms with Gasteiger partial charge in [-0.1, -0.05) is 60.7 Å². The van der Waals surface area contributed by atoms with Crippen molar-refractivity contribution in [2.45, 2.75) is 63.5 Å². The molecule has 45 heavy (non-hydrogen) atoms. The fraction of sp³-hybridized carbons (Fsp3) is 0.344. The first-order valence-electron chi connectivity index (χ1n) is 14.1. The maximum atomic E-state index is 13.8. The van der Waals surface area contributed by atoms with E-state index in [-0.39, 0.29) is 43.8 Å². The minimum Gasteiger partial charge on any atom is -0.444 e. The Labute approximate surface area is 255 Å². The van der Waals surface area contributed by atoms with Crippen LogP contribution in [0.3, 0.4) is 0 Å². The molecule has 2 aliphatic heterocycles. The average Bonchev–Trinajstić information content (AvgIpc) is 2.98. The topological polar surface area (TPSA) is 70.2 Å². The molecule has 7 nitrogen and oxygen atoms in total. The summed E-state index contributed by atoms with van der Waals surface area (Å²) < 4.78 is 85.9. The van der Waals surface area contributed by atoms with Crippen LogP contribution < -0.4 is 0 Å². The van der Waals surface area contributed by atoms with Gasteiger partial charge >= 0.3 is 18.4 Å². The number of rotatable bonds is 6. The second-order valence-electron chi connectivity index (χ2n) is 11.1. The summed E-state index contributed by atoms with van der Waals surface area (Å²) in [5, 5.41) is 0. The Balaban J connectivity index is 1.46. The molecule has 3 atom stereocenters. The Morgan fingerprint density at radius 3 is 1.93 bits per heavy atom. The van der Waals surface area contributed by atoms with E-state index < -0.39 is 60.0 Å². The normalized spacial score (nSPS) is 20.7. The van der Waals surface area contributed by atoms with Crippen LogP contribution in [-0.2, 0) is 46.3 Å². The minimum atomic E-state index is -5.07. The second-order valence-corrected chi connectivity index (χ2v) is 11.1. The van der Waals surface area contributed by atoms with Crippen LogP contribution in [0.5, 0.6) is 0 Å². The van der Waals surface area contributed by atoms with Crippen LogP contribution in [-0.4, -0.2) is 57.4 Å². The quantitative estimate of drug-likeness (QED) is 0.301. The van der Waals surface area contributed by atoms with Gasteiger partial charge in [-0.05, 0) is 48.2 Å². The third-order valence-corrected chi connectivity index (χ3v) is 7.95. The average molecular weight is 634 g/mol. The Morgan fingerprint density at radius 2 is 1.38 bits per heavy atom. The monoisotopic (exact) mass is 633 g/mol. The molecule has 2 aliphatic rings. The van der Waals surface area contributed by atoms with E-state index in [0.717, 1.165) is 11.1 Å². The number of fused-ring (bicyclic) bond motifs is 1. The highest BCUT2D eigenvalue weighted by Crippen LogP contribution is 2.37.